The molecule has 0 unspecified atom stereocenters. The van der Waals surface area contributed by atoms with Crippen LogP contribution in [0.25, 0.3) is 11.3 Å². The van der Waals surface area contributed by atoms with Gasteiger partial charge in [-0.2, -0.15) is 0 Å². The Hall–Kier alpha value is -3.40. The zero-order valence-electron chi connectivity index (χ0n) is 23.6. The maximum atomic E-state index is 13.1. The van der Waals surface area contributed by atoms with E-state index in [1.807, 2.05) is 49.1 Å². The van der Waals surface area contributed by atoms with Crippen molar-refractivity contribution in [3.05, 3.63) is 30.3 Å². The summed E-state index contributed by atoms with van der Waals surface area (Å²) in [6.07, 6.45) is 0. The van der Waals surface area contributed by atoms with Crippen LogP contribution in [0.5, 0.6) is 11.5 Å². The van der Waals surface area contributed by atoms with Crippen molar-refractivity contribution in [3.8, 4) is 22.8 Å². The van der Waals surface area contributed by atoms with Gasteiger partial charge in [0.25, 0.3) is 0 Å². The number of anilines is 1. The smallest absolute Gasteiger partial charge is 0.242 e. The Morgan fingerprint density at radius 1 is 0.921 bits per heavy atom. The molecule has 1 aromatic carbocycles. The third-order valence-corrected chi connectivity index (χ3v) is 7.00. The number of benzene rings is 1. The molecule has 38 heavy (non-hydrogen) atoms. The van der Waals surface area contributed by atoms with E-state index >= 15 is 0 Å². The Morgan fingerprint density at radius 2 is 1.61 bits per heavy atom. The Labute approximate surface area is 226 Å². The first kappa shape index (κ1) is 29.2. The van der Waals surface area contributed by atoms with E-state index < -0.39 is 0 Å². The van der Waals surface area contributed by atoms with Crippen molar-refractivity contribution in [2.75, 3.05) is 78.0 Å². The highest BCUT2D eigenvalue weighted by atomic mass is 16.5. The Morgan fingerprint density at radius 3 is 2.16 bits per heavy atom. The van der Waals surface area contributed by atoms with Gasteiger partial charge in [0.1, 0.15) is 0 Å². The lowest BCUT2D eigenvalue weighted by atomic mass is 10.1. The molecule has 0 N–H and O–H groups in total. The molecule has 1 aromatic heterocycles. The highest BCUT2D eigenvalue weighted by Crippen LogP contribution is 2.31. The molecule has 1 aliphatic rings. The maximum absolute atomic E-state index is 13.1. The van der Waals surface area contributed by atoms with Gasteiger partial charge in [-0.3, -0.25) is 9.59 Å². The summed E-state index contributed by atoms with van der Waals surface area (Å²) in [6, 6.07) is 9.53. The van der Waals surface area contributed by atoms with Crippen LogP contribution < -0.4 is 14.4 Å². The van der Waals surface area contributed by atoms with Crippen molar-refractivity contribution in [2.45, 2.75) is 27.7 Å². The molecule has 10 nitrogen and oxygen atoms in total. The van der Waals surface area contributed by atoms with E-state index in [-0.39, 0.29) is 24.3 Å². The lowest BCUT2D eigenvalue weighted by molar-refractivity contribution is -0.142. The van der Waals surface area contributed by atoms with Crippen LogP contribution >= 0.6 is 0 Å². The molecule has 1 saturated heterocycles. The van der Waals surface area contributed by atoms with Gasteiger partial charge in [0.05, 0.1) is 26.5 Å². The normalized spacial score (nSPS) is 13.7. The second-order valence-corrected chi connectivity index (χ2v) is 9.66. The number of hydrogen-bond acceptors (Lipinski definition) is 8. The summed E-state index contributed by atoms with van der Waals surface area (Å²) >= 11 is 0. The highest BCUT2D eigenvalue weighted by molar-refractivity contribution is 5.85. The first-order chi connectivity index (χ1) is 18.3. The minimum atomic E-state index is -0.142. The van der Waals surface area contributed by atoms with Crippen molar-refractivity contribution in [3.63, 3.8) is 0 Å². The molecule has 1 fully saturated rings. The highest BCUT2D eigenvalue weighted by Gasteiger charge is 2.26. The van der Waals surface area contributed by atoms with Crippen molar-refractivity contribution >= 4 is 17.6 Å². The summed E-state index contributed by atoms with van der Waals surface area (Å²) in [5.41, 5.74) is 1.63. The maximum Gasteiger partial charge on any atom is 0.242 e. The molecule has 0 bridgehead atoms. The predicted molar refractivity (Wildman–Crippen MR) is 149 cm³/mol. The second kappa shape index (κ2) is 13.9. The minimum absolute atomic E-state index is 0.00641. The van der Waals surface area contributed by atoms with Gasteiger partial charge in [-0.15, -0.1) is 10.2 Å². The van der Waals surface area contributed by atoms with E-state index in [2.05, 4.69) is 33.8 Å². The minimum Gasteiger partial charge on any atom is -0.493 e. The monoisotopic (exact) mass is 526 g/mol. The lowest BCUT2D eigenvalue weighted by Gasteiger charge is -2.36. The number of carbonyl (C=O) groups excluding carboxylic acids is 2. The third-order valence-electron chi connectivity index (χ3n) is 7.00. The van der Waals surface area contributed by atoms with Gasteiger partial charge in [0, 0.05) is 50.7 Å². The van der Waals surface area contributed by atoms with Crippen LogP contribution in [-0.2, 0) is 9.59 Å². The topological polar surface area (TPSA) is 91.3 Å². The molecule has 2 heterocycles. The number of rotatable bonds is 12. The van der Waals surface area contributed by atoms with E-state index in [1.165, 1.54) is 0 Å². The molecule has 2 aromatic rings. The Bertz CT molecular complexity index is 1050. The number of aromatic nitrogens is 2. The number of piperazine rings is 1. The fraction of sp³-hybridized carbons (Fsp3) is 0.571. The van der Waals surface area contributed by atoms with E-state index in [0.717, 1.165) is 36.7 Å². The molecule has 208 valence electrons. The number of methoxy groups -OCH3 is 2. The van der Waals surface area contributed by atoms with Crippen molar-refractivity contribution < 1.29 is 19.1 Å². The molecule has 0 spiro atoms. The van der Waals surface area contributed by atoms with E-state index in [0.29, 0.717) is 44.2 Å². The largest absolute Gasteiger partial charge is 0.493 e. The average Bonchev–Trinajstić information content (AvgIpc) is 2.96. The van der Waals surface area contributed by atoms with E-state index in [9.17, 15) is 9.59 Å². The Kier molecular flexibility index (Phi) is 10.7. The summed E-state index contributed by atoms with van der Waals surface area (Å²) in [4.78, 5) is 33.9. The van der Waals surface area contributed by atoms with Gasteiger partial charge < -0.3 is 29.1 Å². The summed E-state index contributed by atoms with van der Waals surface area (Å²) in [5, 5.41) is 8.85. The van der Waals surface area contributed by atoms with Gasteiger partial charge in [0.2, 0.25) is 11.8 Å². The van der Waals surface area contributed by atoms with Crippen LogP contribution in [0, 0.1) is 5.92 Å². The fourth-order valence-corrected chi connectivity index (χ4v) is 4.53. The second-order valence-electron chi connectivity index (χ2n) is 9.66. The van der Waals surface area contributed by atoms with Crippen molar-refractivity contribution in [2.24, 2.45) is 5.92 Å². The SMILES string of the molecule is CCN(CC)CCN(CC(=O)N1CCN(c2ccc(-c3ccc(OC)c(OC)c3)nn2)CC1)C(=O)C(C)C. The molecule has 0 saturated carbocycles. The first-order valence-electron chi connectivity index (χ1n) is 13.4. The van der Waals surface area contributed by atoms with Crippen LogP contribution in [0.15, 0.2) is 30.3 Å². The quantitative estimate of drug-likeness (QED) is 0.417. The molecule has 0 aliphatic carbocycles. The Balaban J connectivity index is 1.58. The number of hydrogen-bond donors (Lipinski definition) is 0. The molecule has 3 rings (SSSR count). The third kappa shape index (κ3) is 7.34. The number of amides is 2. The molecule has 0 atom stereocenters. The molecule has 10 heteroatoms. The summed E-state index contributed by atoms with van der Waals surface area (Å²) in [6.45, 7) is 13.8. The first-order valence-corrected chi connectivity index (χ1v) is 13.4. The molecule has 1 aliphatic heterocycles. The predicted octanol–water partition coefficient (Wildman–Crippen LogP) is 2.64. The number of nitrogens with zero attached hydrogens (tertiary/aromatic N) is 6. The zero-order valence-corrected chi connectivity index (χ0v) is 23.6. The number of likely N-dealkylation sites (N-methyl/N-ethyl adjacent to an activating group) is 1. The average molecular weight is 527 g/mol. The molecule has 0 radical (unpaired) electrons. The fourth-order valence-electron chi connectivity index (χ4n) is 4.53. The van der Waals surface area contributed by atoms with E-state index in [1.54, 1.807) is 19.1 Å². The van der Waals surface area contributed by atoms with Gasteiger partial charge in [0.15, 0.2) is 17.3 Å². The van der Waals surface area contributed by atoms with Crippen LogP contribution in [0.4, 0.5) is 5.82 Å². The zero-order chi connectivity index (χ0) is 27.7. The standard InChI is InChI=1S/C28H42N6O4/c1-7-31(8-2)13-14-34(28(36)21(3)4)20-27(35)33-17-15-32(16-18-33)26-12-10-23(29-30-26)22-9-11-24(37-5)25(19-22)38-6/h9-12,19,21H,7-8,13-18,20H2,1-6H3. The molecular formula is C28H42N6O4. The lowest BCUT2D eigenvalue weighted by Crippen LogP contribution is -2.53. The van der Waals surface area contributed by atoms with Gasteiger partial charge >= 0.3 is 0 Å². The molecule has 2 amide bonds. The van der Waals surface area contributed by atoms with Crippen LogP contribution in [0.1, 0.15) is 27.7 Å². The van der Waals surface area contributed by atoms with Gasteiger partial charge in [-0.1, -0.05) is 27.7 Å². The van der Waals surface area contributed by atoms with Crippen LogP contribution in [-0.4, -0.2) is 110 Å². The van der Waals surface area contributed by atoms with Crippen molar-refractivity contribution in [1.29, 1.82) is 0 Å². The van der Waals surface area contributed by atoms with Gasteiger partial charge in [-0.05, 0) is 43.4 Å². The molecular weight excluding hydrogens is 484 g/mol. The summed E-state index contributed by atoms with van der Waals surface area (Å²) in [7, 11) is 3.21. The van der Waals surface area contributed by atoms with Gasteiger partial charge in [-0.25, -0.2) is 0 Å². The van der Waals surface area contributed by atoms with E-state index in [4.69, 9.17) is 9.47 Å². The van der Waals surface area contributed by atoms with Crippen molar-refractivity contribution in [1.82, 2.24) is 24.9 Å². The number of ether oxygens (including phenoxy) is 2. The van der Waals surface area contributed by atoms with Crippen LogP contribution in [0.3, 0.4) is 0 Å². The summed E-state index contributed by atoms with van der Waals surface area (Å²) in [5.74, 6) is 1.95. The summed E-state index contributed by atoms with van der Waals surface area (Å²) < 4.78 is 10.7. The number of carbonyl (C=O) groups is 2. The van der Waals surface area contributed by atoms with Crippen LogP contribution in [0.2, 0.25) is 0 Å².